The zero-order chi connectivity index (χ0) is 9.68. The molecule has 0 amide bonds. The van der Waals surface area contributed by atoms with Crippen molar-refractivity contribution in [3.05, 3.63) is 24.0 Å². The van der Waals surface area contributed by atoms with Gasteiger partial charge in [0, 0.05) is 18.9 Å². The molecule has 1 aromatic rings. The minimum atomic E-state index is -0.671. The van der Waals surface area contributed by atoms with E-state index in [9.17, 15) is 0 Å². The molecule has 0 radical (unpaired) electrons. The van der Waals surface area contributed by atoms with Gasteiger partial charge in [-0.2, -0.15) is 0 Å². The van der Waals surface area contributed by atoms with Gasteiger partial charge in [-0.25, -0.2) is 0 Å². The highest BCUT2D eigenvalue weighted by Gasteiger charge is 2.02. The molecule has 0 fully saturated rings. The van der Waals surface area contributed by atoms with Crippen LogP contribution in [0.1, 0.15) is 5.56 Å². The highest BCUT2D eigenvalue weighted by molar-refractivity contribution is 5.09. The first-order chi connectivity index (χ1) is 6.26. The predicted octanol–water partition coefficient (Wildman–Crippen LogP) is -0.439. The Hall–Kier alpha value is -0.840. The van der Waals surface area contributed by atoms with Crippen molar-refractivity contribution in [2.75, 3.05) is 13.7 Å². The fourth-order valence-electron chi connectivity index (χ4n) is 1.21. The highest BCUT2D eigenvalue weighted by atomic mass is 16.3. The number of hydrogen-bond donors (Lipinski definition) is 3. The molecule has 13 heavy (non-hydrogen) atoms. The van der Waals surface area contributed by atoms with Crippen LogP contribution in [0.25, 0.3) is 0 Å². The second kappa shape index (κ2) is 5.01. The van der Waals surface area contributed by atoms with E-state index in [0.29, 0.717) is 6.54 Å². The smallest absolute Gasteiger partial charge is 0.0949 e. The lowest BCUT2D eigenvalue weighted by Gasteiger charge is -2.07. The van der Waals surface area contributed by atoms with Crippen molar-refractivity contribution >= 4 is 0 Å². The molecule has 0 aliphatic carbocycles. The molecule has 0 saturated heterocycles. The van der Waals surface area contributed by atoms with Crippen LogP contribution in [0.5, 0.6) is 0 Å². The van der Waals surface area contributed by atoms with E-state index < -0.39 is 6.10 Å². The maximum Gasteiger partial charge on any atom is 0.0949 e. The SMILES string of the molecule is CNCc1ccn(CC(O)CO)c1. The molecule has 0 bridgehead atoms. The van der Waals surface area contributed by atoms with Crippen molar-refractivity contribution in [1.82, 2.24) is 9.88 Å². The second-order valence-corrected chi connectivity index (χ2v) is 3.08. The van der Waals surface area contributed by atoms with Gasteiger partial charge in [0.25, 0.3) is 0 Å². The summed E-state index contributed by atoms with van der Waals surface area (Å²) in [6, 6.07) is 1.99. The fraction of sp³-hybridized carbons (Fsp3) is 0.556. The van der Waals surface area contributed by atoms with Crippen LogP contribution in [0.2, 0.25) is 0 Å². The van der Waals surface area contributed by atoms with E-state index in [4.69, 9.17) is 10.2 Å². The van der Waals surface area contributed by atoms with E-state index in [-0.39, 0.29) is 6.61 Å². The molecule has 1 atom stereocenters. The van der Waals surface area contributed by atoms with E-state index in [1.54, 1.807) is 0 Å². The first-order valence-electron chi connectivity index (χ1n) is 4.34. The molecule has 1 rings (SSSR count). The van der Waals surface area contributed by atoms with E-state index in [1.165, 1.54) is 5.56 Å². The average molecular weight is 184 g/mol. The third kappa shape index (κ3) is 3.18. The van der Waals surface area contributed by atoms with Crippen LogP contribution < -0.4 is 5.32 Å². The molecule has 0 aliphatic rings. The van der Waals surface area contributed by atoms with Crippen LogP contribution in [-0.4, -0.2) is 34.5 Å². The quantitative estimate of drug-likeness (QED) is 0.581. The van der Waals surface area contributed by atoms with Gasteiger partial charge in [-0.3, -0.25) is 0 Å². The largest absolute Gasteiger partial charge is 0.394 e. The van der Waals surface area contributed by atoms with E-state index in [2.05, 4.69) is 5.32 Å². The van der Waals surface area contributed by atoms with Crippen molar-refractivity contribution in [1.29, 1.82) is 0 Å². The normalized spacial score (nSPS) is 13.2. The summed E-state index contributed by atoms with van der Waals surface area (Å²) in [5.74, 6) is 0. The van der Waals surface area contributed by atoms with Gasteiger partial charge in [0.1, 0.15) is 0 Å². The molecular weight excluding hydrogens is 168 g/mol. The molecule has 3 N–H and O–H groups in total. The molecular formula is C9H16N2O2. The highest BCUT2D eigenvalue weighted by Crippen LogP contribution is 2.01. The molecule has 74 valence electrons. The monoisotopic (exact) mass is 184 g/mol. The number of hydrogen-bond acceptors (Lipinski definition) is 3. The van der Waals surface area contributed by atoms with Crippen LogP contribution >= 0.6 is 0 Å². The predicted molar refractivity (Wildman–Crippen MR) is 50.3 cm³/mol. The van der Waals surface area contributed by atoms with E-state index >= 15 is 0 Å². The molecule has 4 heteroatoms. The van der Waals surface area contributed by atoms with Gasteiger partial charge < -0.3 is 20.1 Å². The summed E-state index contributed by atoms with van der Waals surface area (Å²) in [6.45, 7) is 1.07. The first kappa shape index (κ1) is 10.2. The van der Waals surface area contributed by atoms with Crippen LogP contribution in [0.3, 0.4) is 0 Å². The third-order valence-corrected chi connectivity index (χ3v) is 1.82. The second-order valence-electron chi connectivity index (χ2n) is 3.08. The molecule has 0 aliphatic heterocycles. The summed E-state index contributed by atoms with van der Waals surface area (Å²) >= 11 is 0. The Labute approximate surface area is 77.8 Å². The Morgan fingerprint density at radius 3 is 3.00 bits per heavy atom. The average Bonchev–Trinajstić information content (AvgIpc) is 2.53. The Morgan fingerprint density at radius 2 is 2.38 bits per heavy atom. The van der Waals surface area contributed by atoms with Gasteiger partial charge in [0.15, 0.2) is 0 Å². The number of aliphatic hydroxyl groups is 2. The maximum atomic E-state index is 9.16. The molecule has 0 saturated carbocycles. The van der Waals surface area contributed by atoms with E-state index in [1.807, 2.05) is 30.1 Å². The molecule has 1 aromatic heterocycles. The molecule has 0 aromatic carbocycles. The number of nitrogens with one attached hydrogen (secondary N) is 1. The van der Waals surface area contributed by atoms with Crippen LogP contribution in [0.15, 0.2) is 18.5 Å². The molecule has 1 unspecified atom stereocenters. The van der Waals surface area contributed by atoms with Crippen molar-refractivity contribution in [2.24, 2.45) is 0 Å². The van der Waals surface area contributed by atoms with Crippen molar-refractivity contribution in [2.45, 2.75) is 19.2 Å². The Balaban J connectivity index is 2.48. The molecule has 0 spiro atoms. The topological polar surface area (TPSA) is 57.4 Å². The van der Waals surface area contributed by atoms with Crippen molar-refractivity contribution in [3.63, 3.8) is 0 Å². The number of aliphatic hydroxyl groups excluding tert-OH is 2. The van der Waals surface area contributed by atoms with Crippen molar-refractivity contribution in [3.8, 4) is 0 Å². The third-order valence-electron chi connectivity index (χ3n) is 1.82. The zero-order valence-electron chi connectivity index (χ0n) is 7.77. The Morgan fingerprint density at radius 1 is 1.62 bits per heavy atom. The fourth-order valence-corrected chi connectivity index (χ4v) is 1.21. The summed E-state index contributed by atoms with van der Waals surface area (Å²) < 4.78 is 1.87. The lowest BCUT2D eigenvalue weighted by Crippen LogP contribution is -2.18. The number of rotatable bonds is 5. The summed E-state index contributed by atoms with van der Waals surface area (Å²) in [7, 11) is 1.89. The van der Waals surface area contributed by atoms with Gasteiger partial charge in [-0.15, -0.1) is 0 Å². The van der Waals surface area contributed by atoms with E-state index in [0.717, 1.165) is 6.54 Å². The van der Waals surface area contributed by atoms with Crippen molar-refractivity contribution < 1.29 is 10.2 Å². The molecule has 1 heterocycles. The molecule has 4 nitrogen and oxygen atoms in total. The zero-order valence-corrected chi connectivity index (χ0v) is 7.77. The summed E-state index contributed by atoms with van der Waals surface area (Å²) in [5.41, 5.74) is 1.17. The standard InChI is InChI=1S/C9H16N2O2/c1-10-4-8-2-3-11(5-8)6-9(13)7-12/h2-3,5,9-10,12-13H,4,6-7H2,1H3. The maximum absolute atomic E-state index is 9.16. The lowest BCUT2D eigenvalue weighted by molar-refractivity contribution is 0.0813. The lowest BCUT2D eigenvalue weighted by atomic mass is 10.3. The van der Waals surface area contributed by atoms with Crippen LogP contribution in [-0.2, 0) is 13.1 Å². The minimum absolute atomic E-state index is 0.195. The number of nitrogens with zero attached hydrogens (tertiary/aromatic N) is 1. The van der Waals surface area contributed by atoms with Crippen LogP contribution in [0, 0.1) is 0 Å². The number of aromatic nitrogens is 1. The summed E-state index contributed by atoms with van der Waals surface area (Å²) in [4.78, 5) is 0. The van der Waals surface area contributed by atoms with Gasteiger partial charge in [0.2, 0.25) is 0 Å². The Kier molecular flexibility index (Phi) is 3.95. The Bertz CT molecular complexity index is 248. The van der Waals surface area contributed by atoms with Crippen LogP contribution in [0.4, 0.5) is 0 Å². The summed E-state index contributed by atoms with van der Waals surface area (Å²) in [6.07, 6.45) is 3.18. The van der Waals surface area contributed by atoms with Gasteiger partial charge >= 0.3 is 0 Å². The van der Waals surface area contributed by atoms with Gasteiger partial charge in [-0.1, -0.05) is 0 Å². The van der Waals surface area contributed by atoms with Gasteiger partial charge in [-0.05, 0) is 18.7 Å². The summed E-state index contributed by atoms with van der Waals surface area (Å²) in [5, 5.41) is 20.8. The first-order valence-corrected chi connectivity index (χ1v) is 4.34. The minimum Gasteiger partial charge on any atom is -0.394 e. The van der Waals surface area contributed by atoms with Gasteiger partial charge in [0.05, 0.1) is 19.3 Å².